The molecule has 1 saturated carbocycles. The fraction of sp³-hybridized carbons (Fsp3) is 0.643. The number of hydrogen-bond donors (Lipinski definition) is 1. The van der Waals surface area contributed by atoms with E-state index in [9.17, 15) is 4.79 Å². The number of fused-ring (bicyclic) bond motifs is 1. The molecule has 18 heavy (non-hydrogen) atoms. The van der Waals surface area contributed by atoms with E-state index in [1.54, 1.807) is 11.3 Å². The van der Waals surface area contributed by atoms with E-state index in [0.717, 1.165) is 19.5 Å². The Morgan fingerprint density at radius 3 is 3.00 bits per heavy atom. The van der Waals surface area contributed by atoms with Crippen molar-refractivity contribution in [2.75, 3.05) is 13.1 Å². The van der Waals surface area contributed by atoms with E-state index in [4.69, 9.17) is 5.73 Å². The predicted molar refractivity (Wildman–Crippen MR) is 73.5 cm³/mol. The van der Waals surface area contributed by atoms with Gasteiger partial charge in [0.25, 0.3) is 0 Å². The molecule has 2 N–H and O–H groups in total. The Hall–Kier alpha value is -0.870. The van der Waals surface area contributed by atoms with Crippen molar-refractivity contribution in [2.45, 2.75) is 31.7 Å². The van der Waals surface area contributed by atoms with Crippen LogP contribution in [-0.2, 0) is 4.79 Å². The van der Waals surface area contributed by atoms with E-state index in [1.807, 2.05) is 23.3 Å². The highest BCUT2D eigenvalue weighted by Gasteiger charge is 2.43. The van der Waals surface area contributed by atoms with Gasteiger partial charge in [-0.2, -0.15) is 0 Å². The van der Waals surface area contributed by atoms with Crippen LogP contribution in [-0.4, -0.2) is 29.9 Å². The minimum atomic E-state index is 0.0000472. The number of likely N-dealkylation sites (tertiary alicyclic amines) is 1. The smallest absolute Gasteiger partial charge is 0.230 e. The first-order chi connectivity index (χ1) is 8.66. The van der Waals surface area contributed by atoms with E-state index in [-0.39, 0.29) is 11.8 Å². The Balaban J connectivity index is 1.68. The van der Waals surface area contributed by atoms with Crippen LogP contribution in [0.4, 0.5) is 0 Å². The van der Waals surface area contributed by atoms with Gasteiger partial charge in [-0.05, 0) is 43.0 Å². The number of nitrogens with zero attached hydrogens (tertiary/aromatic N) is 1. The highest BCUT2D eigenvalue weighted by molar-refractivity contribution is 7.10. The van der Waals surface area contributed by atoms with Gasteiger partial charge in [-0.3, -0.25) is 4.79 Å². The van der Waals surface area contributed by atoms with Gasteiger partial charge in [0, 0.05) is 24.0 Å². The molecule has 2 heterocycles. The van der Waals surface area contributed by atoms with Gasteiger partial charge < -0.3 is 10.6 Å². The van der Waals surface area contributed by atoms with Crippen molar-refractivity contribution in [3.8, 4) is 0 Å². The largest absolute Gasteiger partial charge is 0.342 e. The van der Waals surface area contributed by atoms with Crippen molar-refractivity contribution in [1.82, 2.24) is 4.90 Å². The van der Waals surface area contributed by atoms with Gasteiger partial charge in [0.15, 0.2) is 0 Å². The minimum absolute atomic E-state index is 0.0000472. The van der Waals surface area contributed by atoms with E-state index in [2.05, 4.69) is 6.07 Å². The lowest BCUT2D eigenvalue weighted by Gasteiger charge is -2.22. The second-order valence-corrected chi connectivity index (χ2v) is 6.62. The maximum atomic E-state index is 12.5. The summed E-state index contributed by atoms with van der Waals surface area (Å²) >= 11 is 1.67. The normalized spacial score (nSPS) is 32.6. The van der Waals surface area contributed by atoms with E-state index < -0.39 is 0 Å². The lowest BCUT2D eigenvalue weighted by atomic mass is 9.98. The van der Waals surface area contributed by atoms with Crippen molar-refractivity contribution in [1.29, 1.82) is 0 Å². The molecule has 98 valence electrons. The molecule has 4 atom stereocenters. The third-order valence-electron chi connectivity index (χ3n) is 4.56. The number of amides is 1. The number of carbonyl (C=O) groups excluding carboxylic acids is 1. The van der Waals surface area contributed by atoms with Crippen molar-refractivity contribution >= 4 is 17.2 Å². The van der Waals surface area contributed by atoms with Gasteiger partial charge >= 0.3 is 0 Å². The predicted octanol–water partition coefficient (Wildman–Crippen LogP) is 2.05. The molecular formula is C14H20N2OS. The molecule has 1 aromatic rings. The fourth-order valence-corrected chi connectivity index (χ4v) is 4.20. The number of rotatable bonds is 2. The third-order valence-corrected chi connectivity index (χ3v) is 5.62. The molecule has 1 aliphatic heterocycles. The molecule has 2 fully saturated rings. The zero-order valence-corrected chi connectivity index (χ0v) is 11.5. The zero-order chi connectivity index (χ0) is 12.7. The van der Waals surface area contributed by atoms with Crippen molar-refractivity contribution in [3.05, 3.63) is 22.4 Å². The summed E-state index contributed by atoms with van der Waals surface area (Å²) in [5, 5.41) is 2.04. The Bertz CT molecular complexity index is 431. The summed E-state index contributed by atoms with van der Waals surface area (Å²) in [5.74, 6) is 1.48. The fourth-order valence-electron chi connectivity index (χ4n) is 3.42. The molecule has 4 unspecified atom stereocenters. The van der Waals surface area contributed by atoms with E-state index in [1.165, 1.54) is 11.3 Å². The molecule has 0 aromatic carbocycles. The molecule has 3 nitrogen and oxygen atoms in total. The van der Waals surface area contributed by atoms with Crippen molar-refractivity contribution in [2.24, 2.45) is 17.6 Å². The van der Waals surface area contributed by atoms with Gasteiger partial charge in [0.05, 0.1) is 5.92 Å². The zero-order valence-electron chi connectivity index (χ0n) is 10.7. The molecule has 3 rings (SSSR count). The third kappa shape index (κ3) is 1.97. The number of hydrogen-bond acceptors (Lipinski definition) is 3. The quantitative estimate of drug-likeness (QED) is 0.888. The van der Waals surface area contributed by atoms with E-state index >= 15 is 0 Å². The van der Waals surface area contributed by atoms with E-state index in [0.29, 0.717) is 17.9 Å². The van der Waals surface area contributed by atoms with Gasteiger partial charge in [-0.25, -0.2) is 0 Å². The number of thiophene rings is 1. The molecule has 1 aromatic heterocycles. The Kier molecular flexibility index (Phi) is 3.16. The second kappa shape index (κ2) is 4.67. The highest BCUT2D eigenvalue weighted by atomic mass is 32.1. The molecule has 1 aliphatic carbocycles. The minimum Gasteiger partial charge on any atom is -0.342 e. The monoisotopic (exact) mass is 264 g/mol. The molecule has 0 spiro atoms. The summed E-state index contributed by atoms with van der Waals surface area (Å²) in [5.41, 5.74) is 6.12. The SMILES string of the molecule is CC(C(=O)N1CC2CCC(N)C2C1)c1cccs1. The molecule has 2 aliphatic rings. The number of nitrogens with two attached hydrogens (primary N) is 1. The first kappa shape index (κ1) is 12.2. The van der Waals surface area contributed by atoms with Crippen LogP contribution in [0.15, 0.2) is 17.5 Å². The molecule has 1 saturated heterocycles. The van der Waals surface area contributed by atoms with Gasteiger partial charge in [-0.1, -0.05) is 6.07 Å². The van der Waals surface area contributed by atoms with Crippen LogP contribution >= 0.6 is 11.3 Å². The lowest BCUT2D eigenvalue weighted by Crippen LogP contribution is -2.35. The van der Waals surface area contributed by atoms with Crippen molar-refractivity contribution in [3.63, 3.8) is 0 Å². The summed E-state index contributed by atoms with van der Waals surface area (Å²) < 4.78 is 0. The summed E-state index contributed by atoms with van der Waals surface area (Å²) in [4.78, 5) is 15.7. The Morgan fingerprint density at radius 1 is 1.50 bits per heavy atom. The Labute approximate surface area is 112 Å². The highest BCUT2D eigenvalue weighted by Crippen LogP contribution is 2.38. The molecule has 0 radical (unpaired) electrons. The average Bonchev–Trinajstić information content (AvgIpc) is 3.06. The first-order valence-electron chi connectivity index (χ1n) is 6.74. The molecule has 0 bridgehead atoms. The summed E-state index contributed by atoms with van der Waals surface area (Å²) in [7, 11) is 0. The van der Waals surface area contributed by atoms with Crippen LogP contribution in [0.2, 0.25) is 0 Å². The average molecular weight is 264 g/mol. The first-order valence-corrected chi connectivity index (χ1v) is 7.62. The number of carbonyl (C=O) groups is 1. The van der Waals surface area contributed by atoms with Crippen molar-refractivity contribution < 1.29 is 4.79 Å². The van der Waals surface area contributed by atoms with Gasteiger partial charge in [-0.15, -0.1) is 11.3 Å². The molecule has 1 amide bonds. The van der Waals surface area contributed by atoms with Gasteiger partial charge in [0.2, 0.25) is 5.91 Å². The summed E-state index contributed by atoms with van der Waals surface area (Å²) in [6.07, 6.45) is 2.33. The van der Waals surface area contributed by atoms with Crippen LogP contribution < -0.4 is 5.73 Å². The van der Waals surface area contributed by atoms with Gasteiger partial charge in [0.1, 0.15) is 0 Å². The van der Waals surface area contributed by atoms with Crippen LogP contribution in [0.5, 0.6) is 0 Å². The van der Waals surface area contributed by atoms with Crippen LogP contribution in [0.3, 0.4) is 0 Å². The van der Waals surface area contributed by atoms with Crippen LogP contribution in [0.1, 0.15) is 30.6 Å². The topological polar surface area (TPSA) is 46.3 Å². The molecule has 4 heteroatoms. The maximum Gasteiger partial charge on any atom is 0.230 e. The standard InChI is InChI=1S/C14H20N2OS/c1-9(13-3-2-6-18-13)14(17)16-7-10-4-5-12(15)11(10)8-16/h2-3,6,9-12H,4-5,7-8,15H2,1H3. The van der Waals surface area contributed by atoms with Crippen LogP contribution in [0, 0.1) is 11.8 Å². The molecular weight excluding hydrogens is 244 g/mol. The second-order valence-electron chi connectivity index (χ2n) is 5.65. The van der Waals surface area contributed by atoms with Crippen LogP contribution in [0.25, 0.3) is 0 Å². The Morgan fingerprint density at radius 2 is 2.33 bits per heavy atom. The summed E-state index contributed by atoms with van der Waals surface area (Å²) in [6.45, 7) is 3.81. The summed E-state index contributed by atoms with van der Waals surface area (Å²) in [6, 6.07) is 4.37. The maximum absolute atomic E-state index is 12.5. The lowest BCUT2D eigenvalue weighted by molar-refractivity contribution is -0.131.